The first-order valence-electron chi connectivity index (χ1n) is 8.12. The fourth-order valence-electron chi connectivity index (χ4n) is 2.53. The monoisotopic (exact) mass is 332 g/mol. The summed E-state index contributed by atoms with van der Waals surface area (Å²) in [5, 5.41) is 3.37. The van der Waals surface area contributed by atoms with Gasteiger partial charge in [0.2, 0.25) is 5.91 Å². The van der Waals surface area contributed by atoms with Gasteiger partial charge in [0, 0.05) is 18.7 Å². The lowest BCUT2D eigenvalue weighted by Crippen LogP contribution is -2.15. The summed E-state index contributed by atoms with van der Waals surface area (Å²) in [4.78, 5) is 11.2. The number of nitrogens with two attached hydrogens (primary N) is 1. The molecule has 0 saturated heterocycles. The molecule has 0 aliphatic carbocycles. The van der Waals surface area contributed by atoms with Crippen LogP contribution in [0.4, 0.5) is 0 Å². The van der Waals surface area contributed by atoms with Crippen molar-refractivity contribution in [1.82, 2.24) is 5.32 Å². The first-order chi connectivity index (χ1) is 12.2. The van der Waals surface area contributed by atoms with Crippen molar-refractivity contribution in [3.8, 4) is 11.5 Å². The summed E-state index contributed by atoms with van der Waals surface area (Å²) < 4.78 is 5.85. The lowest BCUT2D eigenvalue weighted by atomic mass is 10.1. The smallest absolute Gasteiger partial charge is 0.248 e. The number of hydrogen-bond acceptors (Lipinski definition) is 3. The third-order valence-corrected chi connectivity index (χ3v) is 3.75. The van der Waals surface area contributed by atoms with Crippen molar-refractivity contribution in [2.45, 2.75) is 13.1 Å². The van der Waals surface area contributed by atoms with Gasteiger partial charge in [-0.25, -0.2) is 0 Å². The van der Waals surface area contributed by atoms with Gasteiger partial charge in [-0.1, -0.05) is 42.5 Å². The fourth-order valence-corrected chi connectivity index (χ4v) is 2.53. The van der Waals surface area contributed by atoms with Gasteiger partial charge in [0.05, 0.1) is 0 Å². The molecule has 3 aromatic carbocycles. The van der Waals surface area contributed by atoms with Crippen molar-refractivity contribution >= 4 is 5.91 Å². The predicted molar refractivity (Wildman–Crippen MR) is 98.5 cm³/mol. The van der Waals surface area contributed by atoms with E-state index in [4.69, 9.17) is 10.5 Å². The van der Waals surface area contributed by atoms with Crippen molar-refractivity contribution in [3.63, 3.8) is 0 Å². The quantitative estimate of drug-likeness (QED) is 0.690. The normalized spacial score (nSPS) is 10.4. The zero-order valence-corrected chi connectivity index (χ0v) is 13.8. The van der Waals surface area contributed by atoms with Gasteiger partial charge in [0.25, 0.3) is 0 Å². The summed E-state index contributed by atoms with van der Waals surface area (Å²) in [6.45, 7) is 1.36. The van der Waals surface area contributed by atoms with Crippen molar-refractivity contribution in [1.29, 1.82) is 0 Å². The molecule has 0 aliphatic rings. The summed E-state index contributed by atoms with van der Waals surface area (Å²) in [5.41, 5.74) is 7.98. The lowest BCUT2D eigenvalue weighted by Gasteiger charge is -2.09. The summed E-state index contributed by atoms with van der Waals surface area (Å²) >= 11 is 0. The Hall–Kier alpha value is -3.11. The van der Waals surface area contributed by atoms with Crippen LogP contribution in [0.1, 0.15) is 21.5 Å². The van der Waals surface area contributed by atoms with Gasteiger partial charge < -0.3 is 15.8 Å². The summed E-state index contributed by atoms with van der Waals surface area (Å²) in [5.74, 6) is 1.21. The number of carbonyl (C=O) groups is 1. The predicted octanol–water partition coefficient (Wildman–Crippen LogP) is 3.87. The number of rotatable bonds is 7. The molecule has 4 nitrogen and oxygen atoms in total. The van der Waals surface area contributed by atoms with Crippen LogP contribution in [0.3, 0.4) is 0 Å². The number of para-hydroxylation sites is 1. The van der Waals surface area contributed by atoms with E-state index in [1.165, 1.54) is 0 Å². The molecule has 4 heteroatoms. The summed E-state index contributed by atoms with van der Waals surface area (Å²) in [7, 11) is 0. The number of nitrogens with one attached hydrogen (secondary N) is 1. The Balaban J connectivity index is 1.57. The maximum atomic E-state index is 11.2. The number of carbonyl (C=O) groups excluding carboxylic acids is 1. The molecule has 3 aromatic rings. The van der Waals surface area contributed by atoms with Crippen LogP contribution in [0.25, 0.3) is 0 Å². The summed E-state index contributed by atoms with van der Waals surface area (Å²) in [6, 6.07) is 25.0. The number of primary amides is 1. The number of amides is 1. The first kappa shape index (κ1) is 16.7. The van der Waals surface area contributed by atoms with Crippen LogP contribution in [0, 0.1) is 0 Å². The second-order valence-corrected chi connectivity index (χ2v) is 5.73. The van der Waals surface area contributed by atoms with Crippen molar-refractivity contribution in [2.75, 3.05) is 0 Å². The Labute approximate surface area is 147 Å². The fraction of sp³-hybridized carbons (Fsp3) is 0.0952. The molecule has 1 amide bonds. The minimum atomic E-state index is -0.410. The molecule has 0 fully saturated rings. The summed E-state index contributed by atoms with van der Waals surface area (Å²) in [6.07, 6.45) is 0. The van der Waals surface area contributed by atoms with Gasteiger partial charge in [-0.2, -0.15) is 0 Å². The third-order valence-electron chi connectivity index (χ3n) is 3.75. The molecule has 0 unspecified atom stereocenters. The van der Waals surface area contributed by atoms with Gasteiger partial charge in [0.15, 0.2) is 0 Å². The largest absolute Gasteiger partial charge is 0.457 e. The Kier molecular flexibility index (Phi) is 5.44. The van der Waals surface area contributed by atoms with E-state index < -0.39 is 5.91 Å². The first-order valence-corrected chi connectivity index (χ1v) is 8.12. The highest BCUT2D eigenvalue weighted by atomic mass is 16.5. The highest BCUT2D eigenvalue weighted by Crippen LogP contribution is 2.21. The third kappa shape index (κ3) is 4.93. The van der Waals surface area contributed by atoms with Gasteiger partial charge in [-0.05, 0) is 47.5 Å². The lowest BCUT2D eigenvalue weighted by molar-refractivity contribution is 0.1000. The highest BCUT2D eigenvalue weighted by Gasteiger charge is 2.02. The molecular weight excluding hydrogens is 312 g/mol. The van der Waals surface area contributed by atoms with Crippen LogP contribution >= 0.6 is 0 Å². The van der Waals surface area contributed by atoms with Crippen molar-refractivity contribution in [2.24, 2.45) is 5.73 Å². The van der Waals surface area contributed by atoms with Crippen LogP contribution < -0.4 is 15.8 Å². The van der Waals surface area contributed by atoms with Gasteiger partial charge in [-0.15, -0.1) is 0 Å². The highest BCUT2D eigenvalue weighted by molar-refractivity contribution is 5.92. The Morgan fingerprint density at radius 1 is 0.800 bits per heavy atom. The van der Waals surface area contributed by atoms with Crippen molar-refractivity contribution in [3.05, 3.63) is 95.6 Å². The number of benzene rings is 3. The van der Waals surface area contributed by atoms with E-state index in [1.54, 1.807) is 6.07 Å². The molecule has 126 valence electrons. The van der Waals surface area contributed by atoms with E-state index >= 15 is 0 Å². The zero-order chi connectivity index (χ0) is 17.5. The van der Waals surface area contributed by atoms with Gasteiger partial charge >= 0.3 is 0 Å². The zero-order valence-electron chi connectivity index (χ0n) is 13.8. The standard InChI is InChI=1S/C21H20N2O2/c22-21(24)18-8-4-6-16(12-18)14-23-15-17-7-5-11-20(13-17)25-19-9-2-1-3-10-19/h1-13,23H,14-15H2,(H2,22,24). The van der Waals surface area contributed by atoms with E-state index in [2.05, 4.69) is 5.32 Å². The molecule has 0 heterocycles. The van der Waals surface area contributed by atoms with Crippen LogP contribution in [-0.2, 0) is 13.1 Å². The Morgan fingerprint density at radius 3 is 2.16 bits per heavy atom. The number of hydrogen-bond donors (Lipinski definition) is 2. The second kappa shape index (κ2) is 8.13. The van der Waals surface area contributed by atoms with E-state index in [-0.39, 0.29) is 0 Å². The van der Waals surface area contributed by atoms with Crippen LogP contribution in [-0.4, -0.2) is 5.91 Å². The van der Waals surface area contributed by atoms with E-state index in [0.29, 0.717) is 18.7 Å². The molecule has 3 N–H and O–H groups in total. The molecular formula is C21H20N2O2. The van der Waals surface area contributed by atoms with Gasteiger partial charge in [-0.3, -0.25) is 4.79 Å². The maximum Gasteiger partial charge on any atom is 0.248 e. The Morgan fingerprint density at radius 2 is 1.44 bits per heavy atom. The molecule has 0 radical (unpaired) electrons. The molecule has 25 heavy (non-hydrogen) atoms. The minimum Gasteiger partial charge on any atom is -0.457 e. The average Bonchev–Trinajstić information content (AvgIpc) is 2.63. The molecule has 0 atom stereocenters. The topological polar surface area (TPSA) is 64.4 Å². The van der Waals surface area contributed by atoms with E-state index in [9.17, 15) is 4.79 Å². The van der Waals surface area contributed by atoms with E-state index in [0.717, 1.165) is 22.6 Å². The number of ether oxygens (including phenoxy) is 1. The van der Waals surface area contributed by atoms with Crippen molar-refractivity contribution < 1.29 is 9.53 Å². The molecule has 0 bridgehead atoms. The molecule has 0 saturated carbocycles. The Bertz CT molecular complexity index is 847. The minimum absolute atomic E-state index is 0.410. The van der Waals surface area contributed by atoms with Crippen LogP contribution in [0.5, 0.6) is 11.5 Å². The molecule has 0 aliphatic heterocycles. The maximum absolute atomic E-state index is 11.2. The molecule has 0 aromatic heterocycles. The van der Waals surface area contributed by atoms with Crippen LogP contribution in [0.15, 0.2) is 78.9 Å². The molecule has 0 spiro atoms. The molecule has 3 rings (SSSR count). The SMILES string of the molecule is NC(=O)c1cccc(CNCc2cccc(Oc3ccccc3)c2)c1. The average molecular weight is 332 g/mol. The van der Waals surface area contributed by atoms with Gasteiger partial charge in [0.1, 0.15) is 11.5 Å². The van der Waals surface area contributed by atoms with E-state index in [1.807, 2.05) is 72.8 Å². The van der Waals surface area contributed by atoms with Crippen LogP contribution in [0.2, 0.25) is 0 Å². The second-order valence-electron chi connectivity index (χ2n) is 5.73.